The van der Waals surface area contributed by atoms with Gasteiger partial charge in [0.2, 0.25) is 0 Å². The minimum absolute atomic E-state index is 0.0980. The van der Waals surface area contributed by atoms with Crippen LogP contribution in [0.4, 0.5) is 4.39 Å². The molecule has 0 saturated carbocycles. The van der Waals surface area contributed by atoms with Gasteiger partial charge in [-0.05, 0) is 107 Å². The maximum absolute atomic E-state index is 14.1. The Hall–Kier alpha value is -2.24. The number of benzene rings is 2. The highest BCUT2D eigenvalue weighted by atomic mass is 19.1. The number of aromatic nitrogens is 2. The summed E-state index contributed by atoms with van der Waals surface area (Å²) in [5.74, 6) is 1.04. The van der Waals surface area contributed by atoms with Gasteiger partial charge in [-0.3, -0.25) is 4.90 Å². The van der Waals surface area contributed by atoms with Gasteiger partial charge in [0.1, 0.15) is 11.6 Å². The van der Waals surface area contributed by atoms with Crippen LogP contribution < -0.4 is 5.32 Å². The standard InChI is InChI=1S/C28H35FN4/c1-20-31-26-7-2-3-8-27(26)33(20)25-18-23-9-10-24(19-25)32(23)16-13-28(11-14-30-15-12-28)21-5-4-6-22(29)17-21/h2-8,17,23-25,30H,9-16,18-19H2,1H3/t23-,24?,25?/m0/s1. The molecule has 3 saturated heterocycles. The molecule has 3 fully saturated rings. The summed E-state index contributed by atoms with van der Waals surface area (Å²) in [4.78, 5) is 7.65. The molecule has 2 aromatic carbocycles. The van der Waals surface area contributed by atoms with Crippen molar-refractivity contribution in [2.75, 3.05) is 19.6 Å². The molecule has 3 atom stereocenters. The molecule has 3 aromatic rings. The molecule has 0 aliphatic carbocycles. The van der Waals surface area contributed by atoms with Crippen molar-refractivity contribution in [3.05, 3.63) is 65.7 Å². The van der Waals surface area contributed by atoms with E-state index in [2.05, 4.69) is 52.0 Å². The van der Waals surface area contributed by atoms with E-state index < -0.39 is 0 Å². The summed E-state index contributed by atoms with van der Waals surface area (Å²) in [5.41, 5.74) is 3.70. The lowest BCUT2D eigenvalue weighted by Crippen LogP contribution is -2.47. The van der Waals surface area contributed by atoms with Crippen LogP contribution in [0.25, 0.3) is 11.0 Å². The highest BCUT2D eigenvalue weighted by Gasteiger charge is 2.43. The highest BCUT2D eigenvalue weighted by molar-refractivity contribution is 5.76. The van der Waals surface area contributed by atoms with Gasteiger partial charge in [0.15, 0.2) is 0 Å². The van der Waals surface area contributed by atoms with Crippen molar-refractivity contribution in [1.82, 2.24) is 19.8 Å². The summed E-state index contributed by atoms with van der Waals surface area (Å²) in [7, 11) is 0. The SMILES string of the molecule is Cc1nc2ccccc2n1C1CC2CC[C@@H](C1)N2CCC1(c2cccc(F)c2)CCNCC1. The first-order chi connectivity index (χ1) is 16.1. The number of rotatable bonds is 5. The lowest BCUT2D eigenvalue weighted by atomic mass is 9.70. The molecule has 1 N–H and O–H groups in total. The Morgan fingerprint density at radius 1 is 1.00 bits per heavy atom. The molecular formula is C28H35FN4. The summed E-state index contributed by atoms with van der Waals surface area (Å²) in [6, 6.07) is 17.8. The second-order valence-corrected chi connectivity index (χ2v) is 10.6. The first-order valence-corrected chi connectivity index (χ1v) is 12.8. The van der Waals surface area contributed by atoms with Gasteiger partial charge in [-0.1, -0.05) is 24.3 Å². The van der Waals surface area contributed by atoms with Gasteiger partial charge < -0.3 is 9.88 Å². The van der Waals surface area contributed by atoms with Crippen molar-refractivity contribution < 1.29 is 4.39 Å². The summed E-state index contributed by atoms with van der Waals surface area (Å²) in [5, 5.41) is 3.52. The van der Waals surface area contributed by atoms with Crippen molar-refractivity contribution in [2.24, 2.45) is 0 Å². The maximum Gasteiger partial charge on any atom is 0.123 e. The van der Waals surface area contributed by atoms with E-state index in [1.165, 1.54) is 36.8 Å². The van der Waals surface area contributed by atoms with Crippen LogP contribution >= 0.6 is 0 Å². The molecule has 0 radical (unpaired) electrons. The molecule has 3 aliphatic heterocycles. The molecule has 2 unspecified atom stereocenters. The summed E-state index contributed by atoms with van der Waals surface area (Å²) in [6.45, 7) is 5.34. The van der Waals surface area contributed by atoms with Crippen LogP contribution in [0.15, 0.2) is 48.5 Å². The molecule has 33 heavy (non-hydrogen) atoms. The molecule has 0 amide bonds. The number of imidazole rings is 1. The minimum atomic E-state index is -0.103. The molecular weight excluding hydrogens is 411 g/mol. The second-order valence-electron chi connectivity index (χ2n) is 10.6. The van der Waals surface area contributed by atoms with E-state index in [1.54, 1.807) is 12.1 Å². The van der Waals surface area contributed by atoms with Crippen molar-refractivity contribution in [3.8, 4) is 0 Å². The topological polar surface area (TPSA) is 33.1 Å². The number of para-hydroxylation sites is 2. The Bertz CT molecular complexity index is 1120. The fraction of sp³-hybridized carbons (Fsp3) is 0.536. The molecule has 3 aliphatic rings. The maximum atomic E-state index is 14.1. The van der Waals surface area contributed by atoms with E-state index in [0.717, 1.165) is 50.2 Å². The zero-order chi connectivity index (χ0) is 22.4. The van der Waals surface area contributed by atoms with Gasteiger partial charge >= 0.3 is 0 Å². The normalized spacial score (nSPS) is 27.3. The first kappa shape index (κ1) is 21.3. The Labute approximate surface area is 196 Å². The first-order valence-electron chi connectivity index (χ1n) is 12.8. The van der Waals surface area contributed by atoms with Gasteiger partial charge in [-0.15, -0.1) is 0 Å². The predicted octanol–water partition coefficient (Wildman–Crippen LogP) is 5.36. The number of nitrogens with one attached hydrogen (secondary N) is 1. The Morgan fingerprint density at radius 3 is 2.52 bits per heavy atom. The number of nitrogens with zero attached hydrogens (tertiary/aromatic N) is 3. The Balaban J connectivity index is 1.21. The van der Waals surface area contributed by atoms with Crippen LogP contribution in [0.1, 0.15) is 62.4 Å². The van der Waals surface area contributed by atoms with Gasteiger partial charge in [0.05, 0.1) is 11.0 Å². The molecule has 2 bridgehead atoms. The third-order valence-corrected chi connectivity index (χ3v) is 8.84. The molecule has 5 heteroatoms. The number of hydrogen-bond acceptors (Lipinski definition) is 3. The van der Waals surface area contributed by atoms with Gasteiger partial charge in [0, 0.05) is 18.1 Å². The second kappa shape index (κ2) is 8.52. The average Bonchev–Trinajstić information content (AvgIpc) is 3.29. The summed E-state index contributed by atoms with van der Waals surface area (Å²) in [6.07, 6.45) is 8.37. The zero-order valence-corrected chi connectivity index (χ0v) is 19.6. The van der Waals surface area contributed by atoms with Crippen LogP contribution in [0.3, 0.4) is 0 Å². The monoisotopic (exact) mass is 446 g/mol. The quantitative estimate of drug-likeness (QED) is 0.573. The number of hydrogen-bond donors (Lipinski definition) is 1. The van der Waals surface area contributed by atoms with Crippen molar-refractivity contribution in [3.63, 3.8) is 0 Å². The summed E-state index contributed by atoms with van der Waals surface area (Å²) >= 11 is 0. The van der Waals surface area contributed by atoms with Crippen molar-refractivity contribution in [1.29, 1.82) is 0 Å². The van der Waals surface area contributed by atoms with E-state index in [1.807, 2.05) is 6.07 Å². The van der Waals surface area contributed by atoms with Gasteiger partial charge in [0.25, 0.3) is 0 Å². The average molecular weight is 447 g/mol. The molecule has 1 aromatic heterocycles. The van der Waals surface area contributed by atoms with Crippen molar-refractivity contribution in [2.45, 2.75) is 75.4 Å². The van der Waals surface area contributed by atoms with Crippen LogP contribution in [-0.2, 0) is 5.41 Å². The fourth-order valence-electron chi connectivity index (χ4n) is 7.20. The van der Waals surface area contributed by atoms with E-state index in [4.69, 9.17) is 4.98 Å². The number of piperidine rings is 2. The molecule has 4 nitrogen and oxygen atoms in total. The molecule has 0 spiro atoms. The van der Waals surface area contributed by atoms with Gasteiger partial charge in [-0.25, -0.2) is 9.37 Å². The molecule has 174 valence electrons. The lowest BCUT2D eigenvalue weighted by Gasteiger charge is -2.44. The largest absolute Gasteiger partial charge is 0.325 e. The Morgan fingerprint density at radius 2 is 1.76 bits per heavy atom. The number of fused-ring (bicyclic) bond motifs is 3. The summed E-state index contributed by atoms with van der Waals surface area (Å²) < 4.78 is 16.6. The fourth-order valence-corrected chi connectivity index (χ4v) is 7.20. The van der Waals surface area contributed by atoms with E-state index >= 15 is 0 Å². The lowest BCUT2D eigenvalue weighted by molar-refractivity contribution is 0.0928. The molecule has 6 rings (SSSR count). The smallest absolute Gasteiger partial charge is 0.123 e. The highest BCUT2D eigenvalue weighted by Crippen LogP contribution is 2.44. The predicted molar refractivity (Wildman–Crippen MR) is 131 cm³/mol. The van der Waals surface area contributed by atoms with Crippen LogP contribution in [0.2, 0.25) is 0 Å². The number of halogens is 1. The van der Waals surface area contributed by atoms with Crippen LogP contribution in [0.5, 0.6) is 0 Å². The van der Waals surface area contributed by atoms with Crippen LogP contribution in [-0.4, -0.2) is 46.2 Å². The minimum Gasteiger partial charge on any atom is -0.325 e. The van der Waals surface area contributed by atoms with E-state index in [9.17, 15) is 4.39 Å². The zero-order valence-electron chi connectivity index (χ0n) is 19.6. The van der Waals surface area contributed by atoms with E-state index in [0.29, 0.717) is 18.1 Å². The molecule has 4 heterocycles. The van der Waals surface area contributed by atoms with Crippen LogP contribution in [0, 0.1) is 12.7 Å². The van der Waals surface area contributed by atoms with Crippen molar-refractivity contribution >= 4 is 11.0 Å². The van der Waals surface area contributed by atoms with Gasteiger partial charge in [-0.2, -0.15) is 0 Å². The third-order valence-electron chi connectivity index (χ3n) is 8.84. The Kier molecular flexibility index (Phi) is 5.50. The third kappa shape index (κ3) is 3.79. The van der Waals surface area contributed by atoms with E-state index in [-0.39, 0.29) is 11.2 Å². The number of aryl methyl sites for hydroxylation is 1.